The number of benzene rings is 2. The fourth-order valence-corrected chi connectivity index (χ4v) is 4.54. The van der Waals surface area contributed by atoms with Crippen LogP contribution >= 0.6 is 21.6 Å². The molecule has 0 aliphatic heterocycles. The van der Waals surface area contributed by atoms with Crippen LogP contribution in [-0.2, 0) is 9.53 Å². The third-order valence-electron chi connectivity index (χ3n) is 4.28. The van der Waals surface area contributed by atoms with E-state index in [4.69, 9.17) is 13.9 Å². The molecule has 0 fully saturated rings. The van der Waals surface area contributed by atoms with Crippen molar-refractivity contribution < 1.29 is 28.9 Å². The van der Waals surface area contributed by atoms with Crippen LogP contribution in [0.25, 0.3) is 22.1 Å². The third-order valence-corrected chi connectivity index (χ3v) is 6.60. The lowest BCUT2D eigenvalue weighted by Gasteiger charge is -2.10. The predicted octanol–water partition coefficient (Wildman–Crippen LogP) is 4.75. The average Bonchev–Trinajstić information content (AvgIpc) is 2.77. The van der Waals surface area contributed by atoms with Crippen LogP contribution < -0.4 is 10.2 Å². The summed E-state index contributed by atoms with van der Waals surface area (Å²) in [7, 11) is 3.21. The lowest BCUT2D eigenvalue weighted by atomic mass is 10.0. The molecule has 168 valence electrons. The summed E-state index contributed by atoms with van der Waals surface area (Å²) in [4.78, 5) is 24.5. The van der Waals surface area contributed by atoms with Gasteiger partial charge in [0.25, 0.3) is 0 Å². The van der Waals surface area contributed by atoms with Crippen LogP contribution in [0.3, 0.4) is 0 Å². The minimum Gasteiger partial charge on any atom is -0.508 e. The van der Waals surface area contributed by atoms with Gasteiger partial charge in [0.05, 0.1) is 12.0 Å². The molecule has 2 N–H and O–H groups in total. The Labute approximate surface area is 192 Å². The molecule has 0 unspecified atom stereocenters. The number of phenols is 2. The van der Waals surface area contributed by atoms with Gasteiger partial charge in [0, 0.05) is 23.6 Å². The summed E-state index contributed by atoms with van der Waals surface area (Å²) in [6, 6.07) is 8.90. The Balaban J connectivity index is 1.59. The molecule has 0 bridgehead atoms. The normalized spacial score (nSPS) is 10.8. The second-order valence-corrected chi connectivity index (χ2v) is 9.18. The van der Waals surface area contributed by atoms with Crippen molar-refractivity contribution in [2.45, 2.75) is 6.42 Å². The standard InChI is InChI=1S/C23H22O7S2/c1-2-10-31-32-11-7-21(26)29-9-8-28-17-12-19(25)22-20(13-17)30-14-18(23(22)27)15-3-5-16(24)6-4-15/h2-6,12-14,24-25H,1,7-11H2. The van der Waals surface area contributed by atoms with Gasteiger partial charge >= 0.3 is 5.97 Å². The first-order valence-corrected chi connectivity index (χ1v) is 12.2. The molecule has 1 heterocycles. The molecule has 3 rings (SSSR count). The SMILES string of the molecule is C=CCSSCCC(=O)OCCOc1cc(O)c2c(=O)c(-c3ccc(O)cc3)coc2c1. The lowest BCUT2D eigenvalue weighted by Crippen LogP contribution is -2.12. The van der Waals surface area contributed by atoms with Crippen LogP contribution in [0.15, 0.2) is 64.5 Å². The smallest absolute Gasteiger partial charge is 0.306 e. The van der Waals surface area contributed by atoms with Crippen molar-refractivity contribution in [2.24, 2.45) is 0 Å². The quantitative estimate of drug-likeness (QED) is 0.176. The Kier molecular flexibility index (Phi) is 8.52. The largest absolute Gasteiger partial charge is 0.508 e. The Morgan fingerprint density at radius 1 is 1.12 bits per heavy atom. The van der Waals surface area contributed by atoms with E-state index in [1.165, 1.54) is 30.5 Å². The molecule has 1 aromatic heterocycles. The van der Waals surface area contributed by atoms with Gasteiger partial charge in [-0.15, -0.1) is 6.58 Å². The van der Waals surface area contributed by atoms with Gasteiger partial charge in [0.1, 0.15) is 47.7 Å². The van der Waals surface area contributed by atoms with E-state index >= 15 is 0 Å². The first-order chi connectivity index (χ1) is 15.5. The molecule has 0 spiro atoms. The maximum absolute atomic E-state index is 12.8. The minimum atomic E-state index is -0.404. The van der Waals surface area contributed by atoms with Gasteiger partial charge in [-0.05, 0) is 17.7 Å². The topological polar surface area (TPSA) is 106 Å². The molecule has 0 atom stereocenters. The number of carbonyl (C=O) groups is 1. The van der Waals surface area contributed by atoms with Gasteiger partial charge in [0.15, 0.2) is 0 Å². The highest BCUT2D eigenvalue weighted by Gasteiger charge is 2.15. The summed E-state index contributed by atoms with van der Waals surface area (Å²) in [6.45, 7) is 3.78. The van der Waals surface area contributed by atoms with Crippen molar-refractivity contribution in [3.8, 4) is 28.4 Å². The monoisotopic (exact) mass is 474 g/mol. The number of aromatic hydroxyl groups is 2. The van der Waals surface area contributed by atoms with Gasteiger partial charge in [-0.25, -0.2) is 0 Å². The predicted molar refractivity (Wildman–Crippen MR) is 127 cm³/mol. The number of esters is 1. The number of phenolic OH excluding ortho intramolecular Hbond substituents is 2. The number of rotatable bonds is 11. The molecular weight excluding hydrogens is 452 g/mol. The van der Waals surface area contributed by atoms with Crippen molar-refractivity contribution in [3.05, 3.63) is 65.5 Å². The molecule has 0 radical (unpaired) electrons. The molecule has 32 heavy (non-hydrogen) atoms. The minimum absolute atomic E-state index is 0.0289. The van der Waals surface area contributed by atoms with E-state index in [9.17, 15) is 19.8 Å². The molecule has 2 aromatic carbocycles. The number of hydrogen-bond acceptors (Lipinski definition) is 9. The number of fused-ring (bicyclic) bond motifs is 1. The van der Waals surface area contributed by atoms with Crippen LogP contribution in [0.1, 0.15) is 6.42 Å². The first-order valence-electron chi connectivity index (χ1n) is 9.71. The highest BCUT2D eigenvalue weighted by molar-refractivity contribution is 8.76. The maximum atomic E-state index is 12.8. The fourth-order valence-electron chi connectivity index (χ4n) is 2.80. The number of hydrogen-bond donors (Lipinski definition) is 2. The van der Waals surface area contributed by atoms with Gasteiger partial charge in [0.2, 0.25) is 5.43 Å². The Morgan fingerprint density at radius 2 is 1.91 bits per heavy atom. The molecule has 0 amide bonds. The second-order valence-electron chi connectivity index (χ2n) is 6.56. The molecule has 0 aliphatic rings. The molecule has 9 heteroatoms. The zero-order valence-corrected chi connectivity index (χ0v) is 18.7. The fraction of sp³-hybridized carbons (Fsp3) is 0.217. The van der Waals surface area contributed by atoms with Crippen molar-refractivity contribution in [1.82, 2.24) is 0 Å². The second kappa shape index (κ2) is 11.5. The summed E-state index contributed by atoms with van der Waals surface area (Å²) in [5.41, 5.74) is 0.574. The van der Waals surface area contributed by atoms with Crippen molar-refractivity contribution >= 4 is 38.5 Å². The summed E-state index contributed by atoms with van der Waals surface area (Å²) >= 11 is 0. The summed E-state index contributed by atoms with van der Waals surface area (Å²) in [6.07, 6.45) is 3.41. The molecule has 7 nitrogen and oxygen atoms in total. The van der Waals surface area contributed by atoms with Crippen LogP contribution in [0.5, 0.6) is 17.2 Å². The van der Waals surface area contributed by atoms with Crippen molar-refractivity contribution in [2.75, 3.05) is 24.7 Å². The van der Waals surface area contributed by atoms with Gasteiger partial charge < -0.3 is 24.1 Å². The Morgan fingerprint density at radius 3 is 2.66 bits per heavy atom. The zero-order valence-electron chi connectivity index (χ0n) is 17.1. The molecule has 0 saturated heterocycles. The lowest BCUT2D eigenvalue weighted by molar-refractivity contribution is -0.143. The van der Waals surface area contributed by atoms with Crippen LogP contribution in [-0.4, -0.2) is 40.9 Å². The summed E-state index contributed by atoms with van der Waals surface area (Å²) in [5.74, 6) is 1.25. The summed E-state index contributed by atoms with van der Waals surface area (Å²) in [5, 5.41) is 19.8. The van der Waals surface area contributed by atoms with Crippen LogP contribution in [0.2, 0.25) is 0 Å². The van der Waals surface area contributed by atoms with E-state index in [0.29, 0.717) is 17.7 Å². The van der Waals surface area contributed by atoms with Gasteiger partial charge in [-0.3, -0.25) is 9.59 Å². The van der Waals surface area contributed by atoms with Gasteiger partial charge in [-0.2, -0.15) is 0 Å². The number of carbonyl (C=O) groups excluding carboxylic acids is 1. The molecule has 0 aliphatic carbocycles. The molecular formula is C23H22O7S2. The van der Waals surface area contributed by atoms with Gasteiger partial charge in [-0.1, -0.05) is 39.8 Å². The van der Waals surface area contributed by atoms with Crippen LogP contribution in [0.4, 0.5) is 0 Å². The van der Waals surface area contributed by atoms with E-state index in [0.717, 1.165) is 5.75 Å². The van der Waals surface area contributed by atoms with E-state index in [1.807, 2.05) is 0 Å². The highest BCUT2D eigenvalue weighted by Crippen LogP contribution is 2.30. The van der Waals surface area contributed by atoms with Crippen LogP contribution in [0, 0.1) is 0 Å². The summed E-state index contributed by atoms with van der Waals surface area (Å²) < 4.78 is 16.2. The van der Waals surface area contributed by atoms with Crippen molar-refractivity contribution in [3.63, 3.8) is 0 Å². The van der Waals surface area contributed by atoms with E-state index < -0.39 is 5.43 Å². The zero-order chi connectivity index (χ0) is 22.9. The third kappa shape index (κ3) is 6.24. The average molecular weight is 475 g/mol. The Hall–Kier alpha value is -3.04. The first kappa shape index (κ1) is 23.6. The Bertz CT molecular complexity index is 1140. The van der Waals surface area contributed by atoms with E-state index in [-0.39, 0.29) is 53.0 Å². The number of ether oxygens (including phenoxy) is 2. The van der Waals surface area contributed by atoms with E-state index in [1.54, 1.807) is 39.8 Å². The maximum Gasteiger partial charge on any atom is 0.306 e. The van der Waals surface area contributed by atoms with E-state index in [2.05, 4.69) is 6.58 Å². The van der Waals surface area contributed by atoms with Crippen molar-refractivity contribution in [1.29, 1.82) is 0 Å². The highest BCUT2D eigenvalue weighted by atomic mass is 33.1. The molecule has 3 aromatic rings. The molecule has 0 saturated carbocycles.